The maximum atomic E-state index is 12.8. The highest BCUT2D eigenvalue weighted by molar-refractivity contribution is 5.91. The number of carbonyl (C=O) groups excluding carboxylic acids is 2. The Morgan fingerprint density at radius 1 is 1.29 bits per heavy atom. The van der Waals surface area contributed by atoms with Crippen molar-refractivity contribution in [3.8, 4) is 0 Å². The Morgan fingerprint density at radius 2 is 2.00 bits per heavy atom. The molecule has 1 atom stereocenters. The molecule has 1 saturated carbocycles. The van der Waals surface area contributed by atoms with Gasteiger partial charge in [0.25, 0.3) is 0 Å². The zero-order valence-corrected chi connectivity index (χ0v) is 14.5. The molecule has 3 rings (SSSR count). The quantitative estimate of drug-likeness (QED) is 0.833. The van der Waals surface area contributed by atoms with Crippen LogP contribution in [0.4, 0.5) is 0 Å². The Bertz CT molecular complexity index is 716. The van der Waals surface area contributed by atoms with E-state index in [4.69, 9.17) is 0 Å². The third kappa shape index (κ3) is 3.09. The van der Waals surface area contributed by atoms with E-state index in [1.807, 2.05) is 6.92 Å². The lowest BCUT2D eigenvalue weighted by Gasteiger charge is -2.25. The largest absolute Gasteiger partial charge is 0.345 e. The number of carbonyl (C=O) groups is 2. The van der Waals surface area contributed by atoms with Crippen LogP contribution in [-0.4, -0.2) is 43.6 Å². The Balaban J connectivity index is 1.72. The molecule has 1 aliphatic carbocycles. The Hall–Kier alpha value is -2.12. The van der Waals surface area contributed by atoms with E-state index in [0.29, 0.717) is 18.8 Å². The van der Waals surface area contributed by atoms with Gasteiger partial charge in [0.2, 0.25) is 11.8 Å². The van der Waals surface area contributed by atoms with Gasteiger partial charge in [0.15, 0.2) is 5.82 Å². The van der Waals surface area contributed by atoms with Crippen molar-refractivity contribution in [3.05, 3.63) is 16.3 Å². The van der Waals surface area contributed by atoms with Crippen molar-refractivity contribution in [3.63, 3.8) is 0 Å². The zero-order valence-electron chi connectivity index (χ0n) is 14.5. The maximum absolute atomic E-state index is 12.8. The van der Waals surface area contributed by atoms with E-state index >= 15 is 0 Å². The molecule has 0 bridgehead atoms. The number of amides is 2. The maximum Gasteiger partial charge on any atom is 0.345 e. The lowest BCUT2D eigenvalue weighted by molar-refractivity contribution is -0.137. The average Bonchev–Trinajstić information content (AvgIpc) is 3.28. The van der Waals surface area contributed by atoms with Gasteiger partial charge >= 0.3 is 5.69 Å². The van der Waals surface area contributed by atoms with E-state index < -0.39 is 6.04 Å². The topological polar surface area (TPSA) is 89.2 Å². The van der Waals surface area contributed by atoms with Crippen LogP contribution in [0.3, 0.4) is 0 Å². The molecular weight excluding hydrogens is 310 g/mol. The van der Waals surface area contributed by atoms with Crippen molar-refractivity contribution in [1.29, 1.82) is 0 Å². The molecule has 0 aromatic carbocycles. The molecule has 2 fully saturated rings. The molecular formula is C16H25N5O3. The van der Waals surface area contributed by atoms with E-state index in [-0.39, 0.29) is 29.5 Å². The fourth-order valence-electron chi connectivity index (χ4n) is 3.06. The predicted octanol–water partition coefficient (Wildman–Crippen LogP) is -0.0838. The van der Waals surface area contributed by atoms with Gasteiger partial charge in [-0.3, -0.25) is 14.2 Å². The van der Waals surface area contributed by atoms with Crippen molar-refractivity contribution >= 4 is 11.8 Å². The minimum atomic E-state index is -0.474. The molecule has 0 spiro atoms. The van der Waals surface area contributed by atoms with Crippen LogP contribution in [-0.2, 0) is 30.2 Å². The van der Waals surface area contributed by atoms with Gasteiger partial charge in [0.05, 0.1) is 6.54 Å². The second-order valence-electron chi connectivity index (χ2n) is 7.22. The number of likely N-dealkylation sites (tertiary alicyclic amines) is 1. The van der Waals surface area contributed by atoms with Gasteiger partial charge in [0.1, 0.15) is 6.04 Å². The van der Waals surface area contributed by atoms with Crippen LogP contribution in [0.2, 0.25) is 0 Å². The van der Waals surface area contributed by atoms with Crippen LogP contribution in [0.25, 0.3) is 0 Å². The summed E-state index contributed by atoms with van der Waals surface area (Å²) in [5.74, 6) is 0.452. The van der Waals surface area contributed by atoms with Gasteiger partial charge in [0, 0.05) is 26.1 Å². The van der Waals surface area contributed by atoms with Crippen LogP contribution in [0.1, 0.15) is 44.9 Å². The standard InChI is InChI=1S/C16H25N5O3/c1-16(7-8-16)14(23)17-11-6-4-5-9-21(13(11)22)10-12-18-20(3)15(24)19(12)2/h11H,4-10H2,1-3H3,(H,17,23). The first-order valence-corrected chi connectivity index (χ1v) is 8.50. The van der Waals surface area contributed by atoms with E-state index in [2.05, 4.69) is 10.4 Å². The molecule has 8 nitrogen and oxygen atoms in total. The minimum absolute atomic E-state index is 0.0204. The Morgan fingerprint density at radius 3 is 2.58 bits per heavy atom. The first-order valence-electron chi connectivity index (χ1n) is 8.50. The van der Waals surface area contributed by atoms with Crippen molar-refractivity contribution in [2.75, 3.05) is 6.54 Å². The first-order chi connectivity index (χ1) is 11.3. The summed E-state index contributed by atoms with van der Waals surface area (Å²) in [6.45, 7) is 2.84. The van der Waals surface area contributed by atoms with Gasteiger partial charge in [-0.2, -0.15) is 5.10 Å². The summed E-state index contributed by atoms with van der Waals surface area (Å²) in [6, 6.07) is -0.474. The number of rotatable bonds is 4. The van der Waals surface area contributed by atoms with Gasteiger partial charge in [-0.05, 0) is 32.1 Å². The molecule has 2 amide bonds. The molecule has 2 heterocycles. The molecule has 2 aliphatic rings. The SMILES string of the molecule is Cn1nc(CN2CCCCC(NC(=O)C3(C)CC3)C2=O)n(C)c1=O. The minimum Gasteiger partial charge on any atom is -0.344 e. The monoisotopic (exact) mass is 335 g/mol. The fraction of sp³-hybridized carbons (Fsp3) is 0.750. The highest BCUT2D eigenvalue weighted by Crippen LogP contribution is 2.45. The second-order valence-corrected chi connectivity index (χ2v) is 7.22. The molecule has 1 saturated heterocycles. The summed E-state index contributed by atoms with van der Waals surface area (Å²) in [6.07, 6.45) is 4.22. The predicted molar refractivity (Wildman–Crippen MR) is 87.0 cm³/mol. The van der Waals surface area contributed by atoms with Crippen LogP contribution in [0, 0.1) is 5.41 Å². The summed E-state index contributed by atoms with van der Waals surface area (Å²) in [5, 5.41) is 7.12. The average molecular weight is 335 g/mol. The molecule has 1 aromatic heterocycles. The van der Waals surface area contributed by atoms with Crippen molar-refractivity contribution in [2.45, 2.75) is 51.6 Å². The van der Waals surface area contributed by atoms with E-state index in [9.17, 15) is 14.4 Å². The number of nitrogens with one attached hydrogen (secondary N) is 1. The highest BCUT2D eigenvalue weighted by Gasteiger charge is 2.46. The van der Waals surface area contributed by atoms with Crippen LogP contribution in [0.5, 0.6) is 0 Å². The van der Waals surface area contributed by atoms with Crippen molar-refractivity contribution < 1.29 is 9.59 Å². The third-order valence-corrected chi connectivity index (χ3v) is 5.18. The van der Waals surface area contributed by atoms with Crippen molar-refractivity contribution in [2.24, 2.45) is 19.5 Å². The van der Waals surface area contributed by atoms with E-state index in [1.54, 1.807) is 19.0 Å². The Kier molecular flexibility index (Phi) is 4.23. The molecule has 24 heavy (non-hydrogen) atoms. The molecule has 1 aromatic rings. The summed E-state index contributed by atoms with van der Waals surface area (Å²) in [5.41, 5.74) is -0.499. The zero-order chi connectivity index (χ0) is 17.5. The number of nitrogens with zero attached hydrogens (tertiary/aromatic N) is 4. The molecule has 8 heteroatoms. The Labute approximate surface area is 140 Å². The first kappa shape index (κ1) is 16.7. The molecule has 1 N–H and O–H groups in total. The van der Waals surface area contributed by atoms with E-state index in [1.165, 1.54) is 9.25 Å². The summed E-state index contributed by atoms with van der Waals surface area (Å²) < 4.78 is 2.72. The number of hydrogen-bond donors (Lipinski definition) is 1. The molecule has 132 valence electrons. The van der Waals surface area contributed by atoms with Gasteiger partial charge in [-0.25, -0.2) is 9.48 Å². The lowest BCUT2D eigenvalue weighted by Crippen LogP contribution is -2.49. The molecule has 0 radical (unpaired) electrons. The summed E-state index contributed by atoms with van der Waals surface area (Å²) in [4.78, 5) is 38.6. The number of aryl methyl sites for hydroxylation is 1. The van der Waals surface area contributed by atoms with Crippen LogP contribution < -0.4 is 11.0 Å². The van der Waals surface area contributed by atoms with Gasteiger partial charge < -0.3 is 10.2 Å². The van der Waals surface area contributed by atoms with Gasteiger partial charge in [-0.15, -0.1) is 0 Å². The highest BCUT2D eigenvalue weighted by atomic mass is 16.2. The second kappa shape index (κ2) is 6.07. The molecule has 1 aliphatic heterocycles. The van der Waals surface area contributed by atoms with Crippen LogP contribution >= 0.6 is 0 Å². The van der Waals surface area contributed by atoms with Gasteiger partial charge in [-0.1, -0.05) is 6.92 Å². The summed E-state index contributed by atoms with van der Waals surface area (Å²) in [7, 11) is 3.25. The van der Waals surface area contributed by atoms with E-state index in [0.717, 1.165) is 25.7 Å². The van der Waals surface area contributed by atoms with Crippen molar-refractivity contribution in [1.82, 2.24) is 24.6 Å². The smallest absolute Gasteiger partial charge is 0.344 e. The molecule has 1 unspecified atom stereocenters. The normalized spacial score (nSPS) is 23.0. The fourth-order valence-corrected chi connectivity index (χ4v) is 3.06. The summed E-state index contributed by atoms with van der Waals surface area (Å²) >= 11 is 0. The lowest BCUT2D eigenvalue weighted by atomic mass is 10.1. The third-order valence-electron chi connectivity index (χ3n) is 5.18. The number of hydrogen-bond acceptors (Lipinski definition) is 4. The number of aromatic nitrogens is 3. The van der Waals surface area contributed by atoms with Crippen LogP contribution in [0.15, 0.2) is 4.79 Å².